The van der Waals surface area contributed by atoms with Crippen molar-refractivity contribution in [2.75, 3.05) is 6.26 Å². The van der Waals surface area contributed by atoms with Gasteiger partial charge in [-0.05, 0) is 42.9 Å². The van der Waals surface area contributed by atoms with Gasteiger partial charge in [0.05, 0.1) is 0 Å². The normalized spacial score (nSPS) is 15.4. The maximum atomic E-state index is 2.38. The number of allylic oxidation sites excluding steroid dienone is 4. The quantitative estimate of drug-likeness (QED) is 0.629. The average Bonchev–Trinajstić information content (AvgIpc) is 3.05. The molecule has 1 aliphatic rings. The van der Waals surface area contributed by atoms with Gasteiger partial charge in [0.1, 0.15) is 0 Å². The van der Waals surface area contributed by atoms with Crippen LogP contribution in [0.3, 0.4) is 0 Å². The molecule has 0 saturated carbocycles. The van der Waals surface area contributed by atoms with Crippen LogP contribution in [0.2, 0.25) is 0 Å². The van der Waals surface area contributed by atoms with Crippen LogP contribution in [-0.2, 0) is 0 Å². The SMILES string of the molecule is CSC(C)CC1=C(P(c2ccccc2)c2ccccc2)C=CC1. The van der Waals surface area contributed by atoms with Gasteiger partial charge in [0, 0.05) is 5.25 Å². The zero-order chi connectivity index (χ0) is 16.1. The maximum Gasteiger partial charge on any atom is 0.00535 e. The summed E-state index contributed by atoms with van der Waals surface area (Å²) in [6, 6.07) is 22.0. The number of benzene rings is 2. The van der Waals surface area contributed by atoms with E-state index in [1.54, 1.807) is 10.9 Å². The Morgan fingerprint density at radius 2 is 1.52 bits per heavy atom. The highest BCUT2D eigenvalue weighted by Crippen LogP contribution is 2.49. The number of thioether (sulfide) groups is 1. The van der Waals surface area contributed by atoms with E-state index in [1.807, 2.05) is 11.8 Å². The van der Waals surface area contributed by atoms with Crippen molar-refractivity contribution in [2.24, 2.45) is 0 Å². The largest absolute Gasteiger partial charge is 0.162 e. The van der Waals surface area contributed by atoms with Gasteiger partial charge < -0.3 is 0 Å². The zero-order valence-electron chi connectivity index (χ0n) is 13.8. The van der Waals surface area contributed by atoms with Crippen molar-refractivity contribution >= 4 is 30.3 Å². The molecule has 3 rings (SSSR count). The minimum atomic E-state index is -0.443. The summed E-state index contributed by atoms with van der Waals surface area (Å²) >= 11 is 1.96. The molecule has 2 aromatic rings. The summed E-state index contributed by atoms with van der Waals surface area (Å²) in [4.78, 5) is 0. The summed E-state index contributed by atoms with van der Waals surface area (Å²) in [7, 11) is -0.443. The molecule has 1 atom stereocenters. The minimum absolute atomic E-state index is 0.443. The van der Waals surface area contributed by atoms with E-state index in [1.165, 1.54) is 17.0 Å². The van der Waals surface area contributed by atoms with Crippen LogP contribution in [0.5, 0.6) is 0 Å². The molecular weight excluding hydrogens is 315 g/mol. The van der Waals surface area contributed by atoms with E-state index in [4.69, 9.17) is 0 Å². The Morgan fingerprint density at radius 3 is 2.04 bits per heavy atom. The van der Waals surface area contributed by atoms with Crippen molar-refractivity contribution in [3.8, 4) is 0 Å². The predicted octanol–water partition coefficient (Wildman–Crippen LogP) is 5.47. The second-order valence-corrected chi connectivity index (χ2v) is 9.31. The summed E-state index contributed by atoms with van der Waals surface area (Å²) in [5, 5.41) is 5.15. The molecule has 0 aromatic heterocycles. The molecule has 1 aliphatic carbocycles. The molecule has 0 amide bonds. The van der Waals surface area contributed by atoms with E-state index < -0.39 is 7.92 Å². The van der Waals surface area contributed by atoms with Crippen molar-refractivity contribution < 1.29 is 0 Å². The van der Waals surface area contributed by atoms with E-state index in [2.05, 4.69) is 86.0 Å². The van der Waals surface area contributed by atoms with Gasteiger partial charge in [-0.25, -0.2) is 0 Å². The van der Waals surface area contributed by atoms with Crippen LogP contribution < -0.4 is 10.6 Å². The lowest BCUT2D eigenvalue weighted by atomic mass is 10.1. The van der Waals surface area contributed by atoms with E-state index in [0.29, 0.717) is 5.25 Å². The highest BCUT2D eigenvalue weighted by molar-refractivity contribution is 7.99. The molecule has 118 valence electrons. The number of rotatable bonds is 6. The van der Waals surface area contributed by atoms with Crippen molar-refractivity contribution in [3.05, 3.63) is 83.7 Å². The standard InChI is InChI=1S/C21H23PS/c1-17(23-2)16-18-10-9-15-21(18)22(19-11-5-3-6-12-19)20-13-7-4-8-14-20/h3-9,11-15,17H,10,16H2,1-2H3. The van der Waals surface area contributed by atoms with Gasteiger partial charge in [0.2, 0.25) is 0 Å². The third kappa shape index (κ3) is 3.97. The Balaban J connectivity index is 2.05. The van der Waals surface area contributed by atoms with E-state index in [-0.39, 0.29) is 0 Å². The molecule has 0 aliphatic heterocycles. The Bertz CT molecular complexity index is 649. The molecule has 23 heavy (non-hydrogen) atoms. The second kappa shape index (κ2) is 7.99. The van der Waals surface area contributed by atoms with Crippen molar-refractivity contribution in [3.63, 3.8) is 0 Å². The molecule has 0 radical (unpaired) electrons. The summed E-state index contributed by atoms with van der Waals surface area (Å²) in [6.45, 7) is 2.33. The van der Waals surface area contributed by atoms with Crippen LogP contribution in [0.1, 0.15) is 19.8 Å². The van der Waals surface area contributed by atoms with Crippen LogP contribution >= 0.6 is 19.7 Å². The van der Waals surface area contributed by atoms with Gasteiger partial charge in [-0.1, -0.05) is 85.3 Å². The van der Waals surface area contributed by atoms with E-state index in [0.717, 1.165) is 6.42 Å². The third-order valence-corrected chi connectivity index (χ3v) is 7.76. The molecule has 0 nitrogen and oxygen atoms in total. The fourth-order valence-electron chi connectivity index (χ4n) is 2.97. The Labute approximate surface area is 145 Å². The lowest BCUT2D eigenvalue weighted by Gasteiger charge is -2.22. The highest BCUT2D eigenvalue weighted by atomic mass is 32.2. The smallest absolute Gasteiger partial charge is 0.00535 e. The van der Waals surface area contributed by atoms with Gasteiger partial charge >= 0.3 is 0 Å². The molecule has 2 heteroatoms. The number of hydrogen-bond donors (Lipinski definition) is 0. The minimum Gasteiger partial charge on any atom is -0.162 e. The molecule has 2 aromatic carbocycles. The first-order chi connectivity index (χ1) is 11.3. The maximum absolute atomic E-state index is 2.38. The topological polar surface area (TPSA) is 0 Å². The Morgan fingerprint density at radius 1 is 0.957 bits per heavy atom. The summed E-state index contributed by atoms with van der Waals surface area (Å²) in [5.41, 5.74) is 1.63. The molecule has 0 fully saturated rings. The summed E-state index contributed by atoms with van der Waals surface area (Å²) < 4.78 is 0. The molecule has 0 heterocycles. The third-order valence-electron chi connectivity index (χ3n) is 4.21. The van der Waals surface area contributed by atoms with E-state index >= 15 is 0 Å². The van der Waals surface area contributed by atoms with Crippen LogP contribution in [0.25, 0.3) is 0 Å². The Kier molecular flexibility index (Phi) is 5.75. The first-order valence-corrected chi connectivity index (χ1v) is 10.7. The van der Waals surface area contributed by atoms with Crippen molar-refractivity contribution in [2.45, 2.75) is 25.0 Å². The fraction of sp³-hybridized carbons (Fsp3) is 0.238. The van der Waals surface area contributed by atoms with Gasteiger partial charge in [0.15, 0.2) is 0 Å². The van der Waals surface area contributed by atoms with Gasteiger partial charge in [0.25, 0.3) is 0 Å². The molecule has 0 N–H and O–H groups in total. The van der Waals surface area contributed by atoms with Crippen LogP contribution in [0.4, 0.5) is 0 Å². The van der Waals surface area contributed by atoms with Crippen molar-refractivity contribution in [1.29, 1.82) is 0 Å². The fourth-order valence-corrected chi connectivity index (χ4v) is 5.88. The van der Waals surface area contributed by atoms with Crippen LogP contribution in [0, 0.1) is 0 Å². The highest BCUT2D eigenvalue weighted by Gasteiger charge is 2.23. The predicted molar refractivity (Wildman–Crippen MR) is 107 cm³/mol. The van der Waals surface area contributed by atoms with E-state index in [9.17, 15) is 0 Å². The monoisotopic (exact) mass is 338 g/mol. The summed E-state index contributed by atoms with van der Waals surface area (Å²) in [6.07, 6.45) is 9.26. The lowest BCUT2D eigenvalue weighted by molar-refractivity contribution is 0.906. The molecule has 0 bridgehead atoms. The average molecular weight is 338 g/mol. The second-order valence-electron chi connectivity index (χ2n) is 5.85. The van der Waals surface area contributed by atoms with Crippen molar-refractivity contribution in [1.82, 2.24) is 0 Å². The van der Waals surface area contributed by atoms with Gasteiger partial charge in [-0.15, -0.1) is 0 Å². The molecule has 1 unspecified atom stereocenters. The lowest BCUT2D eigenvalue weighted by Crippen LogP contribution is -2.13. The van der Waals surface area contributed by atoms with Gasteiger partial charge in [-0.3, -0.25) is 0 Å². The molecule has 0 spiro atoms. The zero-order valence-corrected chi connectivity index (χ0v) is 15.5. The van der Waals surface area contributed by atoms with Crippen LogP contribution in [0.15, 0.2) is 83.7 Å². The van der Waals surface area contributed by atoms with Gasteiger partial charge in [-0.2, -0.15) is 11.8 Å². The molecule has 0 saturated heterocycles. The van der Waals surface area contributed by atoms with Crippen LogP contribution in [-0.4, -0.2) is 11.5 Å². The molecular formula is C21H23PS. The first-order valence-electron chi connectivity index (χ1n) is 8.11. The Hall–Kier alpha value is -1.30. The number of hydrogen-bond acceptors (Lipinski definition) is 1. The first kappa shape index (κ1) is 16.6. The summed E-state index contributed by atoms with van der Waals surface area (Å²) in [5.74, 6) is 0.